The Bertz CT molecular complexity index is 1170. The largest absolute Gasteiger partial charge is 0.354 e. The third kappa shape index (κ3) is 2.63. The highest BCUT2D eigenvalue weighted by Gasteiger charge is 2.14. The number of nitrogens with zero attached hydrogens (tertiary/aromatic N) is 2. The Morgan fingerprint density at radius 1 is 0.923 bits per heavy atom. The minimum absolute atomic E-state index is 0.105. The van der Waals surface area contributed by atoms with Crippen LogP contribution in [0, 0.1) is 24.0 Å². The molecule has 3 aromatic carbocycles. The SMILES string of the molecule is Cc1ccc(Nc2c3ccccc3nc3c(C)cccc23)cc1[N+](=O)[O-]. The van der Waals surface area contributed by atoms with Gasteiger partial charge in [-0.15, -0.1) is 0 Å². The van der Waals surface area contributed by atoms with Crippen molar-refractivity contribution in [3.05, 3.63) is 81.9 Å². The average Bonchev–Trinajstić information content (AvgIpc) is 2.63. The Morgan fingerprint density at radius 2 is 1.69 bits per heavy atom. The highest BCUT2D eigenvalue weighted by molar-refractivity contribution is 6.09. The third-order valence-corrected chi connectivity index (χ3v) is 4.59. The molecule has 128 valence electrons. The molecule has 0 amide bonds. The van der Waals surface area contributed by atoms with Gasteiger partial charge in [-0.2, -0.15) is 0 Å². The van der Waals surface area contributed by atoms with Crippen LogP contribution in [0.1, 0.15) is 11.1 Å². The second-order valence-corrected chi connectivity index (χ2v) is 6.36. The Balaban J connectivity index is 1.96. The summed E-state index contributed by atoms with van der Waals surface area (Å²) in [6.45, 7) is 3.77. The quantitative estimate of drug-likeness (QED) is 0.296. The molecule has 0 aliphatic heterocycles. The van der Waals surface area contributed by atoms with Crippen molar-refractivity contribution in [1.29, 1.82) is 0 Å². The zero-order chi connectivity index (χ0) is 18.3. The van der Waals surface area contributed by atoms with Gasteiger partial charge in [0, 0.05) is 28.1 Å². The molecule has 0 spiro atoms. The summed E-state index contributed by atoms with van der Waals surface area (Å²) in [5, 5.41) is 16.6. The van der Waals surface area contributed by atoms with Crippen LogP contribution in [0.3, 0.4) is 0 Å². The number of benzene rings is 3. The van der Waals surface area contributed by atoms with Crippen LogP contribution in [0.25, 0.3) is 21.8 Å². The molecule has 0 aliphatic carbocycles. The molecule has 0 atom stereocenters. The summed E-state index contributed by atoms with van der Waals surface area (Å²) >= 11 is 0. The minimum Gasteiger partial charge on any atom is -0.354 e. The molecule has 0 radical (unpaired) electrons. The van der Waals surface area contributed by atoms with Crippen molar-refractivity contribution >= 4 is 38.9 Å². The van der Waals surface area contributed by atoms with Crippen molar-refractivity contribution in [1.82, 2.24) is 4.98 Å². The van der Waals surface area contributed by atoms with Crippen molar-refractivity contribution < 1.29 is 4.92 Å². The number of pyridine rings is 1. The van der Waals surface area contributed by atoms with E-state index in [1.165, 1.54) is 0 Å². The maximum atomic E-state index is 11.3. The number of anilines is 2. The summed E-state index contributed by atoms with van der Waals surface area (Å²) in [6, 6.07) is 19.2. The maximum absolute atomic E-state index is 11.3. The number of rotatable bonds is 3. The van der Waals surface area contributed by atoms with Gasteiger partial charge in [-0.3, -0.25) is 10.1 Å². The van der Waals surface area contributed by atoms with E-state index in [1.54, 1.807) is 19.1 Å². The number of fused-ring (bicyclic) bond motifs is 2. The van der Waals surface area contributed by atoms with E-state index >= 15 is 0 Å². The zero-order valence-electron chi connectivity index (χ0n) is 14.5. The molecule has 4 aromatic rings. The highest BCUT2D eigenvalue weighted by atomic mass is 16.6. The number of hydrogen-bond donors (Lipinski definition) is 1. The van der Waals surface area contributed by atoms with Crippen LogP contribution in [0.15, 0.2) is 60.7 Å². The molecule has 0 fully saturated rings. The van der Waals surface area contributed by atoms with Gasteiger partial charge >= 0.3 is 0 Å². The number of nitrogens with one attached hydrogen (secondary N) is 1. The van der Waals surface area contributed by atoms with Crippen LogP contribution in [0.4, 0.5) is 17.1 Å². The standard InChI is InChI=1S/C21H17N3O2/c1-13-10-11-15(12-19(13)24(25)26)22-21-16-7-3-4-9-18(16)23-20-14(2)6-5-8-17(20)21/h3-12H,1-2H3,(H,22,23). The molecular weight excluding hydrogens is 326 g/mol. The van der Waals surface area contributed by atoms with Gasteiger partial charge in [0.1, 0.15) is 0 Å². The lowest BCUT2D eigenvalue weighted by atomic mass is 10.0. The lowest BCUT2D eigenvalue weighted by Gasteiger charge is -2.14. The van der Waals surface area contributed by atoms with Crippen molar-refractivity contribution in [3.8, 4) is 0 Å². The van der Waals surface area contributed by atoms with Crippen molar-refractivity contribution in [2.45, 2.75) is 13.8 Å². The van der Waals surface area contributed by atoms with E-state index in [1.807, 2.05) is 55.5 Å². The fourth-order valence-electron chi connectivity index (χ4n) is 3.22. The first-order valence-electron chi connectivity index (χ1n) is 8.35. The van der Waals surface area contributed by atoms with E-state index in [9.17, 15) is 10.1 Å². The predicted molar refractivity (Wildman–Crippen MR) is 105 cm³/mol. The van der Waals surface area contributed by atoms with E-state index in [0.29, 0.717) is 11.3 Å². The summed E-state index contributed by atoms with van der Waals surface area (Å²) in [4.78, 5) is 15.7. The molecule has 0 unspecified atom stereocenters. The molecule has 1 aromatic heterocycles. The second-order valence-electron chi connectivity index (χ2n) is 6.36. The zero-order valence-corrected chi connectivity index (χ0v) is 14.5. The molecule has 0 bridgehead atoms. The molecule has 4 rings (SSSR count). The molecule has 5 nitrogen and oxygen atoms in total. The van der Waals surface area contributed by atoms with Gasteiger partial charge in [-0.1, -0.05) is 42.5 Å². The second kappa shape index (κ2) is 6.11. The first kappa shape index (κ1) is 16.0. The summed E-state index contributed by atoms with van der Waals surface area (Å²) in [6.07, 6.45) is 0. The molecule has 1 heterocycles. The Morgan fingerprint density at radius 3 is 2.50 bits per heavy atom. The molecular formula is C21H17N3O2. The van der Waals surface area contributed by atoms with E-state index in [0.717, 1.165) is 33.1 Å². The van der Waals surface area contributed by atoms with E-state index in [4.69, 9.17) is 4.98 Å². The van der Waals surface area contributed by atoms with Crippen LogP contribution in [0.5, 0.6) is 0 Å². The number of nitro groups is 1. The number of aryl methyl sites for hydroxylation is 2. The molecule has 0 saturated heterocycles. The van der Waals surface area contributed by atoms with Crippen molar-refractivity contribution in [2.24, 2.45) is 0 Å². The van der Waals surface area contributed by atoms with Gasteiger partial charge < -0.3 is 5.32 Å². The molecule has 0 saturated carbocycles. The van der Waals surface area contributed by atoms with Crippen molar-refractivity contribution in [2.75, 3.05) is 5.32 Å². The van der Waals surface area contributed by atoms with Crippen LogP contribution >= 0.6 is 0 Å². The topological polar surface area (TPSA) is 68.1 Å². The Labute approximate surface area is 150 Å². The molecule has 0 aliphatic rings. The van der Waals surface area contributed by atoms with Gasteiger partial charge in [-0.25, -0.2) is 4.98 Å². The normalized spacial score (nSPS) is 11.0. The third-order valence-electron chi connectivity index (χ3n) is 4.59. The predicted octanol–water partition coefficient (Wildman–Crippen LogP) is 5.66. The highest BCUT2D eigenvalue weighted by Crippen LogP contribution is 2.35. The van der Waals surface area contributed by atoms with Crippen LogP contribution < -0.4 is 5.32 Å². The van der Waals surface area contributed by atoms with Gasteiger partial charge in [0.05, 0.1) is 21.6 Å². The van der Waals surface area contributed by atoms with Gasteiger partial charge in [0.2, 0.25) is 0 Å². The first-order valence-corrected chi connectivity index (χ1v) is 8.35. The van der Waals surface area contributed by atoms with E-state index in [2.05, 4.69) is 5.32 Å². The molecule has 26 heavy (non-hydrogen) atoms. The summed E-state index contributed by atoms with van der Waals surface area (Å²) in [5.41, 5.74) is 5.24. The average molecular weight is 343 g/mol. The molecule has 5 heteroatoms. The monoisotopic (exact) mass is 343 g/mol. The van der Waals surface area contributed by atoms with Gasteiger partial charge in [0.25, 0.3) is 5.69 Å². The lowest BCUT2D eigenvalue weighted by molar-refractivity contribution is -0.385. The fraction of sp³-hybridized carbons (Fsp3) is 0.0952. The minimum atomic E-state index is -0.354. The van der Waals surface area contributed by atoms with Crippen LogP contribution in [0.2, 0.25) is 0 Å². The number of aromatic nitrogens is 1. The van der Waals surface area contributed by atoms with Gasteiger partial charge in [0.15, 0.2) is 0 Å². The van der Waals surface area contributed by atoms with Crippen LogP contribution in [-0.4, -0.2) is 9.91 Å². The number of para-hydroxylation sites is 2. The Kier molecular flexibility index (Phi) is 3.77. The van der Waals surface area contributed by atoms with E-state index < -0.39 is 0 Å². The van der Waals surface area contributed by atoms with Gasteiger partial charge in [-0.05, 0) is 31.5 Å². The first-order chi connectivity index (χ1) is 12.5. The summed E-state index contributed by atoms with van der Waals surface area (Å²) in [5.74, 6) is 0. The van der Waals surface area contributed by atoms with Crippen molar-refractivity contribution in [3.63, 3.8) is 0 Å². The molecule has 1 N–H and O–H groups in total. The lowest BCUT2D eigenvalue weighted by Crippen LogP contribution is -1.98. The van der Waals surface area contributed by atoms with Crippen LogP contribution in [-0.2, 0) is 0 Å². The van der Waals surface area contributed by atoms with E-state index in [-0.39, 0.29) is 10.6 Å². The summed E-state index contributed by atoms with van der Waals surface area (Å²) < 4.78 is 0. The smallest absolute Gasteiger partial charge is 0.274 e. The summed E-state index contributed by atoms with van der Waals surface area (Å²) in [7, 11) is 0. The maximum Gasteiger partial charge on any atom is 0.274 e. The number of hydrogen-bond acceptors (Lipinski definition) is 4. The number of nitro benzene ring substituents is 1. The fourth-order valence-corrected chi connectivity index (χ4v) is 3.22. The Hall–Kier alpha value is -3.47.